The first kappa shape index (κ1) is 24.5. The van der Waals surface area contributed by atoms with Gasteiger partial charge in [0.25, 0.3) is 0 Å². The van der Waals surface area contributed by atoms with Crippen molar-refractivity contribution in [3.05, 3.63) is 59.7 Å². The van der Waals surface area contributed by atoms with Gasteiger partial charge in [-0.15, -0.1) is 0 Å². The first-order valence-electron chi connectivity index (χ1n) is 12.8. The molecule has 4 aliphatic rings. The molecule has 0 radical (unpaired) electrons. The van der Waals surface area contributed by atoms with Gasteiger partial charge in [-0.1, -0.05) is 35.4 Å². The van der Waals surface area contributed by atoms with Crippen molar-refractivity contribution in [3.8, 4) is 0 Å². The van der Waals surface area contributed by atoms with E-state index in [1.807, 2.05) is 38.1 Å². The molecule has 2 aromatic carbocycles. The summed E-state index contributed by atoms with van der Waals surface area (Å²) < 4.78 is 56.1. The second-order valence-corrected chi connectivity index (χ2v) is 14.6. The zero-order valence-corrected chi connectivity index (χ0v) is 22.5. The molecule has 4 aliphatic heterocycles. The molecule has 6 rings (SSSR count). The van der Waals surface area contributed by atoms with Gasteiger partial charge in [0.2, 0.25) is 20.0 Å². The van der Waals surface area contributed by atoms with Crippen molar-refractivity contribution >= 4 is 20.0 Å². The number of aryl methyl sites for hydroxylation is 2. The molecule has 0 aliphatic carbocycles. The fourth-order valence-corrected chi connectivity index (χ4v) is 9.84. The topological polar surface area (TPSA) is 81.2 Å². The van der Waals surface area contributed by atoms with E-state index in [1.165, 1.54) is 0 Å². The molecule has 4 atom stereocenters. The van der Waals surface area contributed by atoms with E-state index < -0.39 is 20.0 Å². The molecule has 4 bridgehead atoms. The summed E-state index contributed by atoms with van der Waals surface area (Å²) in [6.45, 7) is 8.35. The van der Waals surface area contributed by atoms with E-state index in [1.54, 1.807) is 32.9 Å². The quantitative estimate of drug-likeness (QED) is 0.544. The Morgan fingerprint density at radius 2 is 0.944 bits per heavy atom. The molecule has 4 fully saturated rings. The molecule has 4 heterocycles. The van der Waals surface area contributed by atoms with Crippen LogP contribution in [0.1, 0.15) is 24.0 Å². The van der Waals surface area contributed by atoms with Crippen LogP contribution in [0.2, 0.25) is 0 Å². The SMILES string of the molecule is Cc1ccc(S(=O)(=O)N2C[C@@H]3C[C@H]2CN3CCN2C[C@@H]3C[C@H]2CN3S(=O)(=O)c2ccc(C)cc2)cc1. The molecule has 10 heteroatoms. The zero-order valence-electron chi connectivity index (χ0n) is 20.8. The number of hydrogen-bond acceptors (Lipinski definition) is 6. The van der Waals surface area contributed by atoms with Crippen molar-refractivity contribution in [2.75, 3.05) is 39.3 Å². The zero-order chi connectivity index (χ0) is 25.2. The van der Waals surface area contributed by atoms with Gasteiger partial charge >= 0.3 is 0 Å². The molecule has 0 aromatic heterocycles. The van der Waals surface area contributed by atoms with Gasteiger partial charge in [-0.3, -0.25) is 9.80 Å². The van der Waals surface area contributed by atoms with Crippen LogP contribution in [-0.2, 0) is 20.0 Å². The molecule has 0 saturated carbocycles. The summed E-state index contributed by atoms with van der Waals surface area (Å²) in [6.07, 6.45) is 1.78. The third kappa shape index (κ3) is 4.12. The van der Waals surface area contributed by atoms with Crippen LogP contribution in [0, 0.1) is 13.8 Å². The molecular formula is C26H34N4O4S2. The van der Waals surface area contributed by atoms with Crippen molar-refractivity contribution in [1.82, 2.24) is 18.4 Å². The van der Waals surface area contributed by atoms with Crippen molar-refractivity contribution in [3.63, 3.8) is 0 Å². The highest BCUT2D eigenvalue weighted by molar-refractivity contribution is 7.89. The van der Waals surface area contributed by atoms with Crippen LogP contribution in [0.4, 0.5) is 0 Å². The number of fused-ring (bicyclic) bond motifs is 4. The average molecular weight is 531 g/mol. The second kappa shape index (κ2) is 8.89. The van der Waals surface area contributed by atoms with E-state index in [0.717, 1.165) is 50.1 Å². The molecule has 36 heavy (non-hydrogen) atoms. The van der Waals surface area contributed by atoms with Gasteiger partial charge in [0, 0.05) is 63.4 Å². The predicted molar refractivity (Wildman–Crippen MR) is 138 cm³/mol. The van der Waals surface area contributed by atoms with E-state index in [2.05, 4.69) is 9.80 Å². The van der Waals surface area contributed by atoms with Gasteiger partial charge in [0.05, 0.1) is 9.79 Å². The Labute approximate surface area is 214 Å². The number of benzene rings is 2. The maximum absolute atomic E-state index is 13.2. The average Bonchev–Trinajstić information content (AvgIpc) is 3.63. The molecule has 0 amide bonds. The summed E-state index contributed by atoms with van der Waals surface area (Å²) in [4.78, 5) is 5.62. The van der Waals surface area contributed by atoms with Crippen LogP contribution in [-0.4, -0.2) is 98.7 Å². The highest BCUT2D eigenvalue weighted by Crippen LogP contribution is 2.37. The lowest BCUT2D eigenvalue weighted by atomic mass is 10.2. The predicted octanol–water partition coefficient (Wildman–Crippen LogP) is 1.90. The molecule has 0 spiro atoms. The van der Waals surface area contributed by atoms with E-state index in [9.17, 15) is 16.8 Å². The first-order chi connectivity index (χ1) is 17.1. The number of rotatable bonds is 7. The van der Waals surface area contributed by atoms with Crippen LogP contribution in [0.5, 0.6) is 0 Å². The minimum Gasteiger partial charge on any atom is -0.296 e. The van der Waals surface area contributed by atoms with E-state index in [0.29, 0.717) is 22.9 Å². The highest BCUT2D eigenvalue weighted by Gasteiger charge is 2.50. The molecule has 4 saturated heterocycles. The van der Waals surface area contributed by atoms with Gasteiger partial charge in [0.15, 0.2) is 0 Å². The van der Waals surface area contributed by atoms with Gasteiger partial charge < -0.3 is 0 Å². The van der Waals surface area contributed by atoms with Crippen LogP contribution in [0.25, 0.3) is 0 Å². The normalized spacial score (nSPS) is 29.5. The van der Waals surface area contributed by atoms with Crippen molar-refractivity contribution in [1.29, 1.82) is 0 Å². The number of likely N-dealkylation sites (tertiary alicyclic amines) is 2. The Bertz CT molecular complexity index is 1240. The van der Waals surface area contributed by atoms with Crippen molar-refractivity contribution in [2.45, 2.75) is 60.6 Å². The highest BCUT2D eigenvalue weighted by atomic mass is 32.2. The minimum absolute atomic E-state index is 0.0338. The Balaban J connectivity index is 1.03. The molecule has 8 nitrogen and oxygen atoms in total. The Morgan fingerprint density at radius 3 is 1.25 bits per heavy atom. The van der Waals surface area contributed by atoms with Crippen LogP contribution in [0.3, 0.4) is 0 Å². The Morgan fingerprint density at radius 1 is 0.583 bits per heavy atom. The summed E-state index contributed by atoms with van der Waals surface area (Å²) in [6, 6.07) is 14.8. The lowest BCUT2D eigenvalue weighted by Gasteiger charge is -2.37. The van der Waals surface area contributed by atoms with Gasteiger partial charge in [-0.25, -0.2) is 16.8 Å². The van der Waals surface area contributed by atoms with Crippen molar-refractivity contribution < 1.29 is 16.8 Å². The Hall–Kier alpha value is -1.82. The third-order valence-electron chi connectivity index (χ3n) is 8.54. The van der Waals surface area contributed by atoms with Crippen LogP contribution >= 0.6 is 0 Å². The van der Waals surface area contributed by atoms with Gasteiger partial charge in [0.1, 0.15) is 0 Å². The smallest absolute Gasteiger partial charge is 0.243 e. The molecular weight excluding hydrogens is 496 g/mol. The van der Waals surface area contributed by atoms with E-state index in [-0.39, 0.29) is 24.2 Å². The minimum atomic E-state index is -3.46. The summed E-state index contributed by atoms with van der Waals surface area (Å²) in [7, 11) is -6.92. The maximum Gasteiger partial charge on any atom is 0.243 e. The van der Waals surface area contributed by atoms with E-state index in [4.69, 9.17) is 0 Å². The standard InChI is InChI=1S/C26H34N4O4S2/c1-19-3-7-25(8-4-19)35(31,32)29-17-21-13-23(29)15-27(21)11-12-28-16-24-14-22(28)18-30(24)36(33,34)26-9-5-20(2)6-10-26/h3-10,21-24H,11-18H2,1-2H3/t21-,22-,23-,24-/m0/s1. The summed E-state index contributed by atoms with van der Waals surface area (Å²) in [5.74, 6) is 0. The van der Waals surface area contributed by atoms with Crippen LogP contribution < -0.4 is 0 Å². The number of hydrogen-bond donors (Lipinski definition) is 0. The number of piperazine rings is 2. The summed E-state index contributed by atoms with van der Waals surface area (Å²) in [5.41, 5.74) is 2.10. The largest absolute Gasteiger partial charge is 0.296 e. The summed E-state index contributed by atoms with van der Waals surface area (Å²) >= 11 is 0. The van der Waals surface area contributed by atoms with Crippen LogP contribution in [0.15, 0.2) is 58.3 Å². The number of nitrogens with zero attached hydrogens (tertiary/aromatic N) is 4. The molecule has 194 valence electrons. The molecule has 0 N–H and O–H groups in total. The second-order valence-electron chi connectivity index (χ2n) is 10.9. The fraction of sp³-hybridized carbons (Fsp3) is 0.538. The summed E-state index contributed by atoms with van der Waals surface area (Å²) in [5, 5.41) is 0. The number of sulfonamides is 2. The van der Waals surface area contributed by atoms with E-state index >= 15 is 0 Å². The van der Waals surface area contributed by atoms with Gasteiger partial charge in [-0.2, -0.15) is 8.61 Å². The van der Waals surface area contributed by atoms with Crippen molar-refractivity contribution in [2.24, 2.45) is 0 Å². The molecule has 0 unspecified atom stereocenters. The molecule has 2 aromatic rings. The third-order valence-corrected chi connectivity index (χ3v) is 12.4. The lowest BCUT2D eigenvalue weighted by molar-refractivity contribution is 0.129. The monoisotopic (exact) mass is 530 g/mol. The lowest BCUT2D eigenvalue weighted by Crippen LogP contribution is -2.53. The van der Waals surface area contributed by atoms with Gasteiger partial charge in [-0.05, 0) is 51.0 Å². The fourth-order valence-electron chi connectivity index (χ4n) is 6.51. The first-order valence-corrected chi connectivity index (χ1v) is 15.7. The maximum atomic E-state index is 13.2. The Kier molecular flexibility index (Phi) is 6.05.